The van der Waals surface area contributed by atoms with Crippen LogP contribution in [0.5, 0.6) is 0 Å². The van der Waals surface area contributed by atoms with E-state index in [0.717, 1.165) is 0 Å². The number of ether oxygens (including phenoxy) is 4. The predicted octanol–water partition coefficient (Wildman–Crippen LogP) is 2.96. The van der Waals surface area contributed by atoms with Crippen LogP contribution < -0.4 is 0 Å². The maximum atomic E-state index is 12.2. The molecule has 2 atom stereocenters. The van der Waals surface area contributed by atoms with E-state index in [1.54, 1.807) is 66.7 Å². The first-order valence-electron chi connectivity index (χ1n) is 9.42. The molecule has 0 saturated carbocycles. The van der Waals surface area contributed by atoms with E-state index in [-0.39, 0.29) is 19.8 Å². The first-order valence-corrected chi connectivity index (χ1v) is 9.42. The van der Waals surface area contributed by atoms with Crippen molar-refractivity contribution in [3.63, 3.8) is 0 Å². The average Bonchev–Trinajstić information content (AvgIpc) is 3.47. The molecule has 0 N–H and O–H groups in total. The van der Waals surface area contributed by atoms with Crippen LogP contribution in [0.15, 0.2) is 72.8 Å². The SMILES string of the molecule is CC(=O)OCC1(COC(=O)c2ccccc2)O[C@@H]1/C=C\COC(=O)c1ccccc1. The highest BCUT2D eigenvalue weighted by Gasteiger charge is 2.57. The number of hydrogen-bond donors (Lipinski definition) is 0. The number of benzene rings is 2. The second-order valence-corrected chi connectivity index (χ2v) is 6.72. The number of hydrogen-bond acceptors (Lipinski definition) is 7. The van der Waals surface area contributed by atoms with Crippen LogP contribution in [0.1, 0.15) is 27.6 Å². The van der Waals surface area contributed by atoms with Gasteiger partial charge in [-0.25, -0.2) is 9.59 Å². The van der Waals surface area contributed by atoms with Crippen LogP contribution in [0.25, 0.3) is 0 Å². The lowest BCUT2D eigenvalue weighted by Gasteiger charge is -2.13. The lowest BCUT2D eigenvalue weighted by atomic mass is 10.1. The lowest BCUT2D eigenvalue weighted by molar-refractivity contribution is -0.143. The minimum Gasteiger partial charge on any atom is -0.463 e. The van der Waals surface area contributed by atoms with Gasteiger partial charge in [0.15, 0.2) is 5.60 Å². The molecule has 30 heavy (non-hydrogen) atoms. The van der Waals surface area contributed by atoms with Crippen LogP contribution in [0.3, 0.4) is 0 Å². The summed E-state index contributed by atoms with van der Waals surface area (Å²) in [4.78, 5) is 35.3. The summed E-state index contributed by atoms with van der Waals surface area (Å²) in [6.45, 7) is 1.22. The van der Waals surface area contributed by atoms with Crippen LogP contribution in [0.2, 0.25) is 0 Å². The van der Waals surface area contributed by atoms with Crippen molar-refractivity contribution < 1.29 is 33.3 Å². The molecule has 2 aromatic rings. The van der Waals surface area contributed by atoms with Gasteiger partial charge in [0.25, 0.3) is 0 Å². The fraction of sp³-hybridized carbons (Fsp3) is 0.261. The molecule has 1 fully saturated rings. The summed E-state index contributed by atoms with van der Waals surface area (Å²) in [5, 5.41) is 0. The number of carbonyl (C=O) groups is 3. The lowest BCUT2D eigenvalue weighted by Crippen LogP contribution is -2.31. The van der Waals surface area contributed by atoms with Gasteiger partial charge in [-0.1, -0.05) is 42.5 Å². The van der Waals surface area contributed by atoms with Crippen LogP contribution in [-0.4, -0.2) is 49.4 Å². The van der Waals surface area contributed by atoms with Gasteiger partial charge in [0.1, 0.15) is 25.9 Å². The molecule has 0 aromatic heterocycles. The Kier molecular flexibility index (Phi) is 6.98. The fourth-order valence-electron chi connectivity index (χ4n) is 2.74. The molecule has 0 radical (unpaired) electrons. The summed E-state index contributed by atoms with van der Waals surface area (Å²) in [6.07, 6.45) is 2.90. The number of rotatable bonds is 9. The van der Waals surface area contributed by atoms with Crippen molar-refractivity contribution in [2.75, 3.05) is 19.8 Å². The molecule has 3 rings (SSSR count). The number of epoxide rings is 1. The van der Waals surface area contributed by atoms with Crippen molar-refractivity contribution in [2.24, 2.45) is 0 Å². The Balaban J connectivity index is 1.52. The van der Waals surface area contributed by atoms with Crippen molar-refractivity contribution in [3.05, 3.63) is 83.9 Å². The van der Waals surface area contributed by atoms with E-state index in [9.17, 15) is 14.4 Å². The number of carbonyl (C=O) groups excluding carboxylic acids is 3. The molecule has 2 aromatic carbocycles. The predicted molar refractivity (Wildman–Crippen MR) is 107 cm³/mol. The molecule has 0 amide bonds. The van der Waals surface area contributed by atoms with Gasteiger partial charge in [0, 0.05) is 6.92 Å². The molecular formula is C23H22O7. The van der Waals surface area contributed by atoms with E-state index in [1.807, 2.05) is 6.07 Å². The summed E-state index contributed by atoms with van der Waals surface area (Å²) >= 11 is 0. The fourth-order valence-corrected chi connectivity index (χ4v) is 2.74. The summed E-state index contributed by atoms with van der Waals surface area (Å²) in [6, 6.07) is 17.2. The van der Waals surface area contributed by atoms with Gasteiger partial charge in [0.2, 0.25) is 0 Å². The first kappa shape index (κ1) is 21.3. The summed E-state index contributed by atoms with van der Waals surface area (Å²) in [5.41, 5.74) is -0.0675. The van der Waals surface area contributed by atoms with Crippen LogP contribution in [-0.2, 0) is 23.7 Å². The molecule has 156 valence electrons. The number of esters is 3. The zero-order valence-corrected chi connectivity index (χ0v) is 16.5. The van der Waals surface area contributed by atoms with Crippen molar-refractivity contribution in [2.45, 2.75) is 18.6 Å². The Morgan fingerprint density at radius 2 is 1.40 bits per heavy atom. The van der Waals surface area contributed by atoms with E-state index in [4.69, 9.17) is 18.9 Å². The van der Waals surface area contributed by atoms with Gasteiger partial charge >= 0.3 is 17.9 Å². The van der Waals surface area contributed by atoms with Gasteiger partial charge in [-0.3, -0.25) is 4.79 Å². The van der Waals surface area contributed by atoms with Gasteiger partial charge in [-0.05, 0) is 30.3 Å². The van der Waals surface area contributed by atoms with Crippen LogP contribution in [0, 0.1) is 0 Å². The third-order valence-corrected chi connectivity index (χ3v) is 4.43. The molecule has 1 aliphatic heterocycles. The molecule has 7 nitrogen and oxygen atoms in total. The van der Waals surface area contributed by atoms with E-state index in [0.29, 0.717) is 11.1 Å². The van der Waals surface area contributed by atoms with E-state index >= 15 is 0 Å². The zero-order chi connectivity index (χ0) is 21.4. The summed E-state index contributed by atoms with van der Waals surface area (Å²) in [5.74, 6) is -1.38. The van der Waals surface area contributed by atoms with Crippen molar-refractivity contribution in [1.82, 2.24) is 0 Å². The van der Waals surface area contributed by atoms with E-state index in [1.165, 1.54) is 6.92 Å². The summed E-state index contributed by atoms with van der Waals surface area (Å²) in [7, 11) is 0. The monoisotopic (exact) mass is 410 g/mol. The highest BCUT2D eigenvalue weighted by molar-refractivity contribution is 5.89. The molecule has 0 bridgehead atoms. The third-order valence-electron chi connectivity index (χ3n) is 4.43. The van der Waals surface area contributed by atoms with Gasteiger partial charge in [-0.15, -0.1) is 0 Å². The standard InChI is InChI=1S/C23H22O7/c1-17(24)28-15-23(16-29-22(26)19-11-6-3-7-12-19)20(30-23)13-8-14-27-21(25)18-9-4-2-5-10-18/h2-13,20H,14-16H2,1H3/b13-8-/t20-,23?/m1/s1. The molecule has 1 unspecified atom stereocenters. The topological polar surface area (TPSA) is 91.4 Å². The highest BCUT2D eigenvalue weighted by Crippen LogP contribution is 2.38. The molecule has 1 heterocycles. The van der Waals surface area contributed by atoms with E-state index < -0.39 is 29.6 Å². The Morgan fingerprint density at radius 3 is 1.97 bits per heavy atom. The summed E-state index contributed by atoms with van der Waals surface area (Å²) < 4.78 is 21.2. The maximum absolute atomic E-state index is 12.2. The van der Waals surface area contributed by atoms with Gasteiger partial charge in [-0.2, -0.15) is 0 Å². The Morgan fingerprint density at radius 1 is 0.867 bits per heavy atom. The van der Waals surface area contributed by atoms with E-state index in [2.05, 4.69) is 0 Å². The van der Waals surface area contributed by atoms with Crippen LogP contribution >= 0.6 is 0 Å². The normalized spacial score (nSPS) is 19.8. The van der Waals surface area contributed by atoms with Crippen molar-refractivity contribution in [3.8, 4) is 0 Å². The third kappa shape index (κ3) is 5.78. The average molecular weight is 410 g/mol. The minimum absolute atomic E-state index is 0.0524. The Labute approximate surface area is 174 Å². The molecule has 0 spiro atoms. The Hall–Kier alpha value is -3.45. The molecule has 7 heteroatoms. The maximum Gasteiger partial charge on any atom is 0.338 e. The quantitative estimate of drug-likeness (QED) is 0.272. The first-order chi connectivity index (χ1) is 14.5. The molecule has 1 saturated heterocycles. The van der Waals surface area contributed by atoms with Gasteiger partial charge < -0.3 is 18.9 Å². The van der Waals surface area contributed by atoms with Crippen molar-refractivity contribution >= 4 is 17.9 Å². The molecule has 1 aliphatic rings. The smallest absolute Gasteiger partial charge is 0.338 e. The molecular weight excluding hydrogens is 388 g/mol. The van der Waals surface area contributed by atoms with Gasteiger partial charge in [0.05, 0.1) is 11.1 Å². The zero-order valence-electron chi connectivity index (χ0n) is 16.5. The second-order valence-electron chi connectivity index (χ2n) is 6.72. The van der Waals surface area contributed by atoms with Crippen molar-refractivity contribution in [1.29, 1.82) is 0 Å². The second kappa shape index (κ2) is 9.84. The Bertz CT molecular complexity index is 908. The molecule has 0 aliphatic carbocycles. The largest absolute Gasteiger partial charge is 0.463 e. The minimum atomic E-state index is -0.948. The highest BCUT2D eigenvalue weighted by atomic mass is 16.7. The van der Waals surface area contributed by atoms with Crippen LogP contribution in [0.4, 0.5) is 0 Å².